The van der Waals surface area contributed by atoms with Gasteiger partial charge in [-0.1, -0.05) is 13.8 Å². The van der Waals surface area contributed by atoms with Gasteiger partial charge in [0.1, 0.15) is 12.1 Å². The van der Waals surface area contributed by atoms with Crippen LogP contribution in [-0.2, 0) is 9.59 Å². The summed E-state index contributed by atoms with van der Waals surface area (Å²) in [4.78, 5) is 21.2. The molecule has 0 amide bonds. The van der Waals surface area contributed by atoms with Crippen molar-refractivity contribution in [2.24, 2.45) is 17.3 Å². The number of hydrogen-bond acceptors (Lipinski definition) is 2. The summed E-state index contributed by atoms with van der Waals surface area (Å²) in [6.45, 7) is 5.79. The van der Waals surface area contributed by atoms with Gasteiger partial charge < -0.3 is 9.59 Å². The molecular weight excluding hydrogens is 152 g/mol. The van der Waals surface area contributed by atoms with Gasteiger partial charge in [-0.05, 0) is 24.7 Å². The van der Waals surface area contributed by atoms with Crippen molar-refractivity contribution in [1.82, 2.24) is 0 Å². The smallest absolute Gasteiger partial charge is 0.129 e. The summed E-state index contributed by atoms with van der Waals surface area (Å²) in [6.07, 6.45) is 2.54. The monoisotopic (exact) mass is 168 g/mol. The first-order valence-corrected chi connectivity index (χ1v) is 4.45. The lowest BCUT2D eigenvalue weighted by atomic mass is 10.1. The van der Waals surface area contributed by atoms with Crippen LogP contribution in [0.4, 0.5) is 0 Å². The fourth-order valence-corrected chi connectivity index (χ4v) is 1.97. The maximum absolute atomic E-state index is 10.7. The summed E-state index contributed by atoms with van der Waals surface area (Å²) in [6, 6.07) is 0. The van der Waals surface area contributed by atoms with E-state index in [1.807, 2.05) is 0 Å². The van der Waals surface area contributed by atoms with E-state index in [1.165, 1.54) is 0 Å². The molecule has 1 saturated carbocycles. The van der Waals surface area contributed by atoms with Gasteiger partial charge >= 0.3 is 0 Å². The fraction of sp³-hybridized carbons (Fsp3) is 0.800. The van der Waals surface area contributed by atoms with Gasteiger partial charge in [0.05, 0.1) is 0 Å². The molecule has 1 fully saturated rings. The van der Waals surface area contributed by atoms with Crippen LogP contribution in [-0.4, -0.2) is 12.1 Å². The molecule has 0 aromatic rings. The lowest BCUT2D eigenvalue weighted by Gasteiger charge is -1.99. The van der Waals surface area contributed by atoms with Crippen LogP contribution in [0.1, 0.15) is 33.6 Å². The summed E-state index contributed by atoms with van der Waals surface area (Å²) >= 11 is 0. The van der Waals surface area contributed by atoms with Crippen LogP contribution in [0.2, 0.25) is 0 Å². The van der Waals surface area contributed by atoms with Gasteiger partial charge in [-0.2, -0.15) is 0 Å². The molecule has 0 N–H and O–H groups in total. The molecule has 12 heavy (non-hydrogen) atoms. The highest BCUT2D eigenvalue weighted by Gasteiger charge is 2.56. The Kier molecular flexibility index (Phi) is 2.36. The summed E-state index contributed by atoms with van der Waals surface area (Å²) in [5.41, 5.74) is 0.150. The molecule has 68 valence electrons. The first-order chi connectivity index (χ1) is 5.50. The summed E-state index contributed by atoms with van der Waals surface area (Å²) in [5.74, 6) is 0.859. The third-order valence-corrected chi connectivity index (χ3v) is 3.09. The summed E-state index contributed by atoms with van der Waals surface area (Å²) < 4.78 is 0. The highest BCUT2D eigenvalue weighted by atomic mass is 16.1. The first-order valence-electron chi connectivity index (χ1n) is 4.45. The van der Waals surface area contributed by atoms with Crippen LogP contribution >= 0.6 is 0 Å². The van der Waals surface area contributed by atoms with E-state index < -0.39 is 0 Å². The van der Waals surface area contributed by atoms with Gasteiger partial charge in [0.15, 0.2) is 0 Å². The number of carbonyl (C=O) groups is 2. The molecule has 0 unspecified atom stereocenters. The van der Waals surface area contributed by atoms with Crippen LogP contribution in [0, 0.1) is 17.3 Å². The molecule has 0 radical (unpaired) electrons. The Balaban J connectivity index is 2.37. The minimum atomic E-state index is 0.150. The Morgan fingerprint density at radius 3 is 2.42 bits per heavy atom. The maximum Gasteiger partial charge on any atom is 0.129 e. The zero-order valence-corrected chi connectivity index (χ0v) is 7.96. The standard InChI is InChI=1S/C10H16O2/c1-7(12)4-5-8-9(6-11)10(8,2)3/h6,8-9H,4-5H2,1-3H3/t8-,9+/m0/s1. The van der Waals surface area contributed by atoms with Crippen LogP contribution in [0.5, 0.6) is 0 Å². The maximum atomic E-state index is 10.7. The Morgan fingerprint density at radius 2 is 2.08 bits per heavy atom. The number of Topliss-reactive ketones (excluding diaryl/α,β-unsaturated/α-hetero) is 1. The van der Waals surface area contributed by atoms with Crippen molar-refractivity contribution >= 4 is 12.1 Å². The van der Waals surface area contributed by atoms with Crippen molar-refractivity contribution in [3.05, 3.63) is 0 Å². The lowest BCUT2D eigenvalue weighted by Crippen LogP contribution is -1.94. The second-order valence-electron chi connectivity index (χ2n) is 4.33. The average molecular weight is 168 g/mol. The van der Waals surface area contributed by atoms with E-state index >= 15 is 0 Å². The molecule has 2 atom stereocenters. The van der Waals surface area contributed by atoms with Crippen molar-refractivity contribution in [3.8, 4) is 0 Å². The Morgan fingerprint density at radius 1 is 1.50 bits per heavy atom. The molecule has 2 heteroatoms. The van der Waals surface area contributed by atoms with E-state index in [2.05, 4.69) is 13.8 Å². The van der Waals surface area contributed by atoms with Crippen molar-refractivity contribution in [3.63, 3.8) is 0 Å². The predicted octanol–water partition coefficient (Wildman–Crippen LogP) is 1.83. The van der Waals surface area contributed by atoms with E-state index in [4.69, 9.17) is 0 Å². The molecule has 0 heterocycles. The second-order valence-corrected chi connectivity index (χ2v) is 4.33. The average Bonchev–Trinajstić information content (AvgIpc) is 2.48. The molecular formula is C10H16O2. The lowest BCUT2D eigenvalue weighted by molar-refractivity contribution is -0.117. The van der Waals surface area contributed by atoms with Gasteiger partial charge in [-0.25, -0.2) is 0 Å². The Bertz CT molecular complexity index is 206. The van der Waals surface area contributed by atoms with Crippen molar-refractivity contribution < 1.29 is 9.59 Å². The SMILES string of the molecule is CC(=O)CC[C@H]1[C@@H](C=O)C1(C)C. The third kappa shape index (κ3) is 1.57. The molecule has 0 aromatic carbocycles. The van der Waals surface area contributed by atoms with Gasteiger partial charge in [-0.3, -0.25) is 0 Å². The molecule has 0 aliphatic heterocycles. The molecule has 0 spiro atoms. The van der Waals surface area contributed by atoms with Crippen molar-refractivity contribution in [2.45, 2.75) is 33.6 Å². The van der Waals surface area contributed by atoms with Crippen molar-refractivity contribution in [2.75, 3.05) is 0 Å². The van der Waals surface area contributed by atoms with Crippen LogP contribution in [0.25, 0.3) is 0 Å². The van der Waals surface area contributed by atoms with Gasteiger partial charge in [0.25, 0.3) is 0 Å². The quantitative estimate of drug-likeness (QED) is 0.600. The second kappa shape index (κ2) is 3.00. The van der Waals surface area contributed by atoms with Gasteiger partial charge in [0, 0.05) is 12.3 Å². The largest absolute Gasteiger partial charge is 0.303 e. The molecule has 0 aromatic heterocycles. The van der Waals surface area contributed by atoms with Gasteiger partial charge in [-0.15, -0.1) is 0 Å². The topological polar surface area (TPSA) is 34.1 Å². The van der Waals surface area contributed by atoms with E-state index in [1.54, 1.807) is 6.92 Å². The van der Waals surface area contributed by atoms with E-state index in [9.17, 15) is 9.59 Å². The number of aldehydes is 1. The molecule has 2 nitrogen and oxygen atoms in total. The molecule has 1 aliphatic rings. The molecule has 1 rings (SSSR count). The highest BCUT2D eigenvalue weighted by molar-refractivity contribution is 5.75. The number of ketones is 1. The van der Waals surface area contributed by atoms with Crippen LogP contribution in [0.15, 0.2) is 0 Å². The number of hydrogen-bond donors (Lipinski definition) is 0. The normalized spacial score (nSPS) is 31.2. The predicted molar refractivity (Wildman–Crippen MR) is 46.7 cm³/mol. The third-order valence-electron chi connectivity index (χ3n) is 3.09. The Hall–Kier alpha value is -0.660. The summed E-state index contributed by atoms with van der Waals surface area (Å²) in [7, 11) is 0. The number of carbonyl (C=O) groups excluding carboxylic acids is 2. The fourth-order valence-electron chi connectivity index (χ4n) is 1.97. The molecule has 0 bridgehead atoms. The highest BCUT2D eigenvalue weighted by Crippen LogP contribution is 2.59. The first kappa shape index (κ1) is 9.43. The van der Waals surface area contributed by atoms with Crippen LogP contribution in [0.3, 0.4) is 0 Å². The van der Waals surface area contributed by atoms with E-state index in [-0.39, 0.29) is 17.1 Å². The Labute approximate surface area is 73.3 Å². The number of rotatable bonds is 4. The minimum absolute atomic E-state index is 0.150. The van der Waals surface area contributed by atoms with Gasteiger partial charge in [0.2, 0.25) is 0 Å². The van der Waals surface area contributed by atoms with Crippen LogP contribution < -0.4 is 0 Å². The summed E-state index contributed by atoms with van der Waals surface area (Å²) in [5, 5.41) is 0. The van der Waals surface area contributed by atoms with E-state index in [0.29, 0.717) is 12.3 Å². The zero-order chi connectivity index (χ0) is 9.35. The van der Waals surface area contributed by atoms with E-state index in [0.717, 1.165) is 12.7 Å². The minimum Gasteiger partial charge on any atom is -0.303 e. The molecule has 1 aliphatic carbocycles. The zero-order valence-electron chi connectivity index (χ0n) is 7.96. The van der Waals surface area contributed by atoms with Crippen molar-refractivity contribution in [1.29, 1.82) is 0 Å². The molecule has 0 saturated heterocycles.